The van der Waals surface area contributed by atoms with E-state index in [0.29, 0.717) is 27.9 Å². The zero-order valence-electron chi connectivity index (χ0n) is 15.0. The average Bonchev–Trinajstić information content (AvgIpc) is 2.72. The Bertz CT molecular complexity index is 895. The fraction of sp³-hybridized carbons (Fsp3) is 0.211. The highest BCUT2D eigenvalue weighted by Crippen LogP contribution is 2.27. The minimum Gasteiger partial charge on any atom is -0.338 e. The number of hydrogen-bond acceptors (Lipinski definition) is 7. The first-order valence-electron chi connectivity index (χ1n) is 8.94. The Morgan fingerprint density at radius 1 is 0.750 bits per heavy atom. The zero-order chi connectivity index (χ0) is 19.3. The molecule has 1 fully saturated rings. The molecule has 2 heterocycles. The van der Waals surface area contributed by atoms with E-state index in [4.69, 9.17) is 23.2 Å². The third kappa shape index (κ3) is 4.44. The first-order valence-corrected chi connectivity index (χ1v) is 9.69. The summed E-state index contributed by atoms with van der Waals surface area (Å²) in [7, 11) is 0. The molecule has 144 valence electrons. The summed E-state index contributed by atoms with van der Waals surface area (Å²) in [6.07, 6.45) is 0. The van der Waals surface area contributed by atoms with Crippen molar-refractivity contribution in [3.8, 4) is 0 Å². The lowest BCUT2D eigenvalue weighted by atomic mass is 10.3. The number of benzene rings is 2. The summed E-state index contributed by atoms with van der Waals surface area (Å²) in [6.45, 7) is 3.40. The zero-order valence-corrected chi connectivity index (χ0v) is 16.5. The van der Waals surface area contributed by atoms with Crippen LogP contribution in [0.2, 0.25) is 10.0 Å². The molecule has 1 aliphatic heterocycles. The summed E-state index contributed by atoms with van der Waals surface area (Å²) >= 11 is 12.5. The molecular formula is C19H19Cl2N7. The number of halogens is 2. The van der Waals surface area contributed by atoms with Gasteiger partial charge in [0.2, 0.25) is 17.8 Å². The van der Waals surface area contributed by atoms with Crippen molar-refractivity contribution in [1.29, 1.82) is 0 Å². The molecule has 1 aliphatic rings. The van der Waals surface area contributed by atoms with E-state index in [9.17, 15) is 0 Å². The van der Waals surface area contributed by atoms with Gasteiger partial charge in [0.25, 0.3) is 0 Å². The number of nitrogens with zero attached hydrogens (tertiary/aromatic N) is 4. The SMILES string of the molecule is Clc1ccccc1Nc1nc(Nc2ccccc2Cl)nc(N2CCNCC2)n1. The first kappa shape index (κ1) is 18.7. The van der Waals surface area contributed by atoms with Gasteiger partial charge >= 0.3 is 0 Å². The lowest BCUT2D eigenvalue weighted by Crippen LogP contribution is -2.44. The molecule has 0 spiro atoms. The average molecular weight is 416 g/mol. The van der Waals surface area contributed by atoms with Gasteiger partial charge in [0, 0.05) is 26.2 Å². The van der Waals surface area contributed by atoms with Crippen LogP contribution in [0, 0.1) is 0 Å². The van der Waals surface area contributed by atoms with Crippen molar-refractivity contribution >= 4 is 52.4 Å². The van der Waals surface area contributed by atoms with Crippen molar-refractivity contribution in [3.63, 3.8) is 0 Å². The Hall–Kier alpha value is -2.61. The van der Waals surface area contributed by atoms with Crippen LogP contribution in [0.15, 0.2) is 48.5 Å². The Morgan fingerprint density at radius 2 is 1.25 bits per heavy atom. The van der Waals surface area contributed by atoms with Crippen LogP contribution in [0.5, 0.6) is 0 Å². The van der Waals surface area contributed by atoms with Gasteiger partial charge < -0.3 is 20.9 Å². The predicted molar refractivity (Wildman–Crippen MR) is 114 cm³/mol. The van der Waals surface area contributed by atoms with Crippen LogP contribution < -0.4 is 20.9 Å². The van der Waals surface area contributed by atoms with Crippen molar-refractivity contribution in [2.45, 2.75) is 0 Å². The van der Waals surface area contributed by atoms with E-state index >= 15 is 0 Å². The van der Waals surface area contributed by atoms with Crippen LogP contribution in [0.25, 0.3) is 0 Å². The quantitative estimate of drug-likeness (QED) is 0.579. The molecule has 0 atom stereocenters. The predicted octanol–water partition coefficient (Wildman–Crippen LogP) is 4.08. The van der Waals surface area contributed by atoms with Gasteiger partial charge in [0.15, 0.2) is 0 Å². The van der Waals surface area contributed by atoms with Crippen molar-refractivity contribution in [1.82, 2.24) is 20.3 Å². The number of piperazine rings is 1. The monoisotopic (exact) mass is 415 g/mol. The van der Waals surface area contributed by atoms with E-state index in [-0.39, 0.29) is 0 Å². The number of hydrogen-bond donors (Lipinski definition) is 3. The standard InChI is InChI=1S/C19H19Cl2N7/c20-13-5-1-3-7-15(13)23-17-25-18(24-16-8-4-2-6-14(16)21)27-19(26-17)28-11-9-22-10-12-28/h1-8,22H,9-12H2,(H2,23,24,25,26,27). The van der Waals surface area contributed by atoms with Crippen molar-refractivity contribution in [3.05, 3.63) is 58.6 Å². The third-order valence-corrected chi connectivity index (χ3v) is 4.92. The number of rotatable bonds is 5. The second-order valence-corrected chi connectivity index (χ2v) is 7.04. The van der Waals surface area contributed by atoms with Crippen LogP contribution in [0.4, 0.5) is 29.2 Å². The summed E-state index contributed by atoms with van der Waals surface area (Å²) in [4.78, 5) is 15.8. The molecular weight excluding hydrogens is 397 g/mol. The summed E-state index contributed by atoms with van der Waals surface area (Å²) in [6, 6.07) is 14.9. The smallest absolute Gasteiger partial charge is 0.233 e. The van der Waals surface area contributed by atoms with Gasteiger partial charge in [-0.25, -0.2) is 0 Å². The van der Waals surface area contributed by atoms with Gasteiger partial charge in [-0.15, -0.1) is 0 Å². The van der Waals surface area contributed by atoms with Gasteiger partial charge in [-0.2, -0.15) is 15.0 Å². The largest absolute Gasteiger partial charge is 0.338 e. The lowest BCUT2D eigenvalue weighted by molar-refractivity contribution is 0.579. The summed E-state index contributed by atoms with van der Waals surface area (Å²) < 4.78 is 0. The van der Waals surface area contributed by atoms with Gasteiger partial charge in [-0.1, -0.05) is 47.5 Å². The molecule has 7 nitrogen and oxygen atoms in total. The third-order valence-electron chi connectivity index (χ3n) is 4.26. The van der Waals surface area contributed by atoms with Gasteiger partial charge in [-0.05, 0) is 24.3 Å². The minimum absolute atomic E-state index is 0.409. The van der Waals surface area contributed by atoms with Crippen LogP contribution in [-0.2, 0) is 0 Å². The van der Waals surface area contributed by atoms with Crippen LogP contribution in [-0.4, -0.2) is 41.1 Å². The van der Waals surface area contributed by atoms with Crippen molar-refractivity contribution in [2.24, 2.45) is 0 Å². The molecule has 2 aromatic carbocycles. The molecule has 0 aliphatic carbocycles. The van der Waals surface area contributed by atoms with Crippen LogP contribution in [0.1, 0.15) is 0 Å². The molecule has 0 saturated carbocycles. The van der Waals surface area contributed by atoms with Crippen molar-refractivity contribution < 1.29 is 0 Å². The fourth-order valence-corrected chi connectivity index (χ4v) is 3.21. The highest BCUT2D eigenvalue weighted by atomic mass is 35.5. The fourth-order valence-electron chi connectivity index (χ4n) is 2.85. The minimum atomic E-state index is 0.409. The summed E-state index contributed by atoms with van der Waals surface area (Å²) in [5, 5.41) is 10.9. The van der Waals surface area contributed by atoms with Gasteiger partial charge in [-0.3, -0.25) is 0 Å². The molecule has 0 amide bonds. The Labute approximate surface area is 173 Å². The van der Waals surface area contributed by atoms with Crippen LogP contribution >= 0.6 is 23.2 Å². The molecule has 9 heteroatoms. The van der Waals surface area contributed by atoms with Gasteiger partial charge in [0.05, 0.1) is 21.4 Å². The Kier molecular flexibility index (Phi) is 5.76. The summed E-state index contributed by atoms with van der Waals surface area (Å²) in [5.74, 6) is 1.41. The van der Waals surface area contributed by atoms with E-state index in [1.165, 1.54) is 0 Å². The second-order valence-electron chi connectivity index (χ2n) is 6.23. The van der Waals surface area contributed by atoms with E-state index < -0.39 is 0 Å². The molecule has 0 unspecified atom stereocenters. The number of para-hydroxylation sites is 2. The lowest BCUT2D eigenvalue weighted by Gasteiger charge is -2.27. The highest BCUT2D eigenvalue weighted by molar-refractivity contribution is 6.33. The van der Waals surface area contributed by atoms with Crippen LogP contribution in [0.3, 0.4) is 0 Å². The molecule has 0 bridgehead atoms. The molecule has 0 radical (unpaired) electrons. The molecule has 1 saturated heterocycles. The van der Waals surface area contributed by atoms with Gasteiger partial charge in [0.1, 0.15) is 0 Å². The molecule has 4 rings (SSSR count). The number of nitrogens with one attached hydrogen (secondary N) is 3. The van der Waals surface area contributed by atoms with E-state index in [2.05, 4.69) is 35.8 Å². The highest BCUT2D eigenvalue weighted by Gasteiger charge is 2.17. The van der Waals surface area contributed by atoms with Crippen molar-refractivity contribution in [2.75, 3.05) is 41.7 Å². The maximum absolute atomic E-state index is 6.27. The molecule has 1 aromatic heterocycles. The number of anilines is 5. The molecule has 3 aromatic rings. The number of aromatic nitrogens is 3. The maximum Gasteiger partial charge on any atom is 0.233 e. The van der Waals surface area contributed by atoms with E-state index in [1.54, 1.807) is 0 Å². The van der Waals surface area contributed by atoms with E-state index in [0.717, 1.165) is 37.6 Å². The molecule has 28 heavy (non-hydrogen) atoms. The Morgan fingerprint density at radius 3 is 1.75 bits per heavy atom. The molecule has 3 N–H and O–H groups in total. The maximum atomic E-state index is 6.27. The topological polar surface area (TPSA) is 78.0 Å². The first-order chi connectivity index (χ1) is 13.7. The Balaban J connectivity index is 1.68. The van der Waals surface area contributed by atoms with E-state index in [1.807, 2.05) is 48.5 Å². The normalized spacial score (nSPS) is 14.0. The summed E-state index contributed by atoms with van der Waals surface area (Å²) in [5.41, 5.74) is 1.45. The second kappa shape index (κ2) is 8.60.